The summed E-state index contributed by atoms with van der Waals surface area (Å²) < 4.78 is 97.7. The number of alkyl halides is 6. The van der Waals surface area contributed by atoms with Crippen LogP contribution in [0.4, 0.5) is 30.7 Å². The first-order chi connectivity index (χ1) is 11.0. The zero-order valence-electron chi connectivity index (χ0n) is 13.3. The zero-order chi connectivity index (χ0) is 18.5. The highest BCUT2D eigenvalue weighted by molar-refractivity contribution is 5.40. The van der Waals surface area contributed by atoms with Crippen LogP contribution in [0.2, 0.25) is 0 Å². The van der Waals surface area contributed by atoms with Gasteiger partial charge < -0.3 is 4.74 Å². The summed E-state index contributed by atoms with van der Waals surface area (Å²) in [5.41, 5.74) is -1.51. The topological polar surface area (TPSA) is 9.23 Å². The molecule has 0 aliphatic rings. The molecule has 0 spiro atoms. The van der Waals surface area contributed by atoms with E-state index in [-0.39, 0.29) is 5.56 Å². The number of hydrogen-bond acceptors (Lipinski definition) is 1. The summed E-state index contributed by atoms with van der Waals surface area (Å²) in [7, 11) is 0. The van der Waals surface area contributed by atoms with Crippen LogP contribution in [0, 0.1) is 5.82 Å². The number of rotatable bonds is 9. The van der Waals surface area contributed by atoms with Gasteiger partial charge in [0, 0.05) is 19.3 Å². The Morgan fingerprint density at radius 2 is 1.58 bits per heavy atom. The van der Waals surface area contributed by atoms with E-state index in [1.165, 1.54) is 13.8 Å². The van der Waals surface area contributed by atoms with Crippen molar-refractivity contribution < 1.29 is 35.5 Å². The predicted molar refractivity (Wildman–Crippen MR) is 75.6 cm³/mol. The number of aryl methyl sites for hydroxylation is 1. The highest BCUT2D eigenvalue weighted by atomic mass is 19.3. The van der Waals surface area contributed by atoms with Gasteiger partial charge in [0.1, 0.15) is 11.6 Å². The van der Waals surface area contributed by atoms with Gasteiger partial charge >= 0.3 is 0 Å². The standard InChI is InChI=1S/C16H19F7O/c1-3-15(20,21)8-7-10-5-6-11(12(13(10)17)14(18)19)24-9-16(22,23)4-2/h5-6,14H,3-4,7-9H2,1-2H3. The van der Waals surface area contributed by atoms with Crippen LogP contribution in [-0.4, -0.2) is 18.5 Å². The van der Waals surface area contributed by atoms with Crippen molar-refractivity contribution >= 4 is 0 Å². The molecule has 0 aliphatic carbocycles. The second-order valence-corrected chi connectivity index (χ2v) is 5.46. The molecule has 0 saturated heterocycles. The molecule has 0 N–H and O–H groups in total. The average Bonchev–Trinajstić information content (AvgIpc) is 2.51. The summed E-state index contributed by atoms with van der Waals surface area (Å²) in [4.78, 5) is 0. The number of benzene rings is 1. The van der Waals surface area contributed by atoms with E-state index in [0.717, 1.165) is 12.1 Å². The largest absolute Gasteiger partial charge is 0.487 e. The molecular formula is C16H19F7O. The Balaban J connectivity index is 3.02. The molecular weight excluding hydrogens is 341 g/mol. The van der Waals surface area contributed by atoms with Crippen molar-refractivity contribution in [2.45, 2.75) is 57.8 Å². The van der Waals surface area contributed by atoms with E-state index in [1.54, 1.807) is 0 Å². The third kappa shape index (κ3) is 5.56. The summed E-state index contributed by atoms with van der Waals surface area (Å²) in [5.74, 6) is -8.37. The summed E-state index contributed by atoms with van der Waals surface area (Å²) in [6, 6.07) is 1.92. The molecule has 0 bridgehead atoms. The Kier molecular flexibility index (Phi) is 6.92. The number of ether oxygens (including phenoxy) is 1. The lowest BCUT2D eigenvalue weighted by Crippen LogP contribution is -2.25. The number of halogens is 7. The molecule has 24 heavy (non-hydrogen) atoms. The molecule has 8 heteroatoms. The second kappa shape index (κ2) is 8.07. The van der Waals surface area contributed by atoms with E-state index in [1.807, 2.05) is 0 Å². The summed E-state index contributed by atoms with van der Waals surface area (Å²) in [5, 5.41) is 0. The Hall–Kier alpha value is -1.47. The lowest BCUT2D eigenvalue weighted by molar-refractivity contribution is -0.0446. The van der Waals surface area contributed by atoms with Gasteiger partial charge in [-0.1, -0.05) is 19.9 Å². The van der Waals surface area contributed by atoms with Gasteiger partial charge in [-0.3, -0.25) is 0 Å². The fourth-order valence-corrected chi connectivity index (χ4v) is 1.92. The fourth-order valence-electron chi connectivity index (χ4n) is 1.92. The fraction of sp³-hybridized carbons (Fsp3) is 0.625. The van der Waals surface area contributed by atoms with E-state index in [9.17, 15) is 30.7 Å². The van der Waals surface area contributed by atoms with Crippen molar-refractivity contribution in [1.29, 1.82) is 0 Å². The first kappa shape index (κ1) is 20.6. The molecule has 0 saturated carbocycles. The Bertz CT molecular complexity index is 543. The van der Waals surface area contributed by atoms with Crippen molar-refractivity contribution in [3.05, 3.63) is 29.1 Å². The lowest BCUT2D eigenvalue weighted by atomic mass is 10.0. The van der Waals surface area contributed by atoms with E-state index >= 15 is 0 Å². The van der Waals surface area contributed by atoms with Gasteiger partial charge in [0.15, 0.2) is 6.61 Å². The maximum absolute atomic E-state index is 14.2. The maximum atomic E-state index is 14.2. The minimum Gasteiger partial charge on any atom is -0.487 e. The van der Waals surface area contributed by atoms with Gasteiger partial charge in [0.25, 0.3) is 12.3 Å². The van der Waals surface area contributed by atoms with E-state index < -0.39 is 67.7 Å². The molecule has 0 aliphatic heterocycles. The first-order valence-corrected chi connectivity index (χ1v) is 7.51. The van der Waals surface area contributed by atoms with Crippen molar-refractivity contribution in [1.82, 2.24) is 0 Å². The monoisotopic (exact) mass is 360 g/mol. The lowest BCUT2D eigenvalue weighted by Gasteiger charge is -2.19. The van der Waals surface area contributed by atoms with E-state index in [4.69, 9.17) is 0 Å². The van der Waals surface area contributed by atoms with E-state index in [2.05, 4.69) is 4.74 Å². The summed E-state index contributed by atoms with van der Waals surface area (Å²) >= 11 is 0. The predicted octanol–water partition coefficient (Wildman–Crippen LogP) is 6.17. The van der Waals surface area contributed by atoms with Crippen molar-refractivity contribution in [3.8, 4) is 5.75 Å². The van der Waals surface area contributed by atoms with Crippen LogP contribution in [0.1, 0.15) is 50.7 Å². The third-order valence-corrected chi connectivity index (χ3v) is 3.67. The Morgan fingerprint density at radius 3 is 2.08 bits per heavy atom. The molecule has 0 amide bonds. The number of hydrogen-bond donors (Lipinski definition) is 0. The van der Waals surface area contributed by atoms with Gasteiger partial charge in [0.2, 0.25) is 5.92 Å². The van der Waals surface area contributed by atoms with Gasteiger partial charge in [-0.05, 0) is 18.1 Å². The molecule has 1 aromatic carbocycles. The molecule has 1 rings (SSSR count). The zero-order valence-corrected chi connectivity index (χ0v) is 13.3. The van der Waals surface area contributed by atoms with Gasteiger partial charge in [-0.2, -0.15) is 0 Å². The smallest absolute Gasteiger partial charge is 0.281 e. The van der Waals surface area contributed by atoms with Crippen LogP contribution in [0.3, 0.4) is 0 Å². The molecule has 138 valence electrons. The molecule has 0 atom stereocenters. The molecule has 1 nitrogen and oxygen atoms in total. The summed E-state index contributed by atoms with van der Waals surface area (Å²) in [6.07, 6.45) is -5.48. The van der Waals surface area contributed by atoms with Crippen LogP contribution in [0.15, 0.2) is 12.1 Å². The van der Waals surface area contributed by atoms with Gasteiger partial charge in [-0.25, -0.2) is 30.7 Å². The quantitative estimate of drug-likeness (QED) is 0.479. The van der Waals surface area contributed by atoms with E-state index in [0.29, 0.717) is 0 Å². The van der Waals surface area contributed by atoms with Crippen LogP contribution in [0.5, 0.6) is 5.75 Å². The maximum Gasteiger partial charge on any atom is 0.281 e. The second-order valence-electron chi connectivity index (χ2n) is 5.46. The van der Waals surface area contributed by atoms with Crippen molar-refractivity contribution in [2.24, 2.45) is 0 Å². The minimum atomic E-state index is -3.32. The van der Waals surface area contributed by atoms with Crippen LogP contribution < -0.4 is 4.74 Å². The molecule has 1 aromatic rings. The van der Waals surface area contributed by atoms with Gasteiger partial charge in [-0.15, -0.1) is 0 Å². The molecule has 0 fully saturated rings. The SMILES string of the molecule is CCC(F)(F)CCc1ccc(OCC(F)(F)CC)c(C(F)F)c1F. The normalized spacial score (nSPS) is 12.8. The highest BCUT2D eigenvalue weighted by Crippen LogP contribution is 2.35. The highest BCUT2D eigenvalue weighted by Gasteiger charge is 2.31. The van der Waals surface area contributed by atoms with Gasteiger partial charge in [0.05, 0.1) is 5.56 Å². The Labute approximate surface area is 135 Å². The van der Waals surface area contributed by atoms with Crippen LogP contribution in [0.25, 0.3) is 0 Å². The molecule has 0 aromatic heterocycles. The molecule has 0 unspecified atom stereocenters. The van der Waals surface area contributed by atoms with Crippen molar-refractivity contribution in [2.75, 3.05) is 6.61 Å². The molecule has 0 radical (unpaired) electrons. The molecule has 0 heterocycles. The van der Waals surface area contributed by atoms with Crippen molar-refractivity contribution in [3.63, 3.8) is 0 Å². The van der Waals surface area contributed by atoms with Crippen LogP contribution in [-0.2, 0) is 6.42 Å². The minimum absolute atomic E-state index is 0.326. The third-order valence-electron chi connectivity index (χ3n) is 3.67. The van der Waals surface area contributed by atoms with Crippen LogP contribution >= 0.6 is 0 Å². The summed E-state index contributed by atoms with van der Waals surface area (Å²) in [6.45, 7) is 1.27. The Morgan fingerprint density at radius 1 is 1.00 bits per heavy atom. The average molecular weight is 360 g/mol. The first-order valence-electron chi connectivity index (χ1n) is 7.51.